The van der Waals surface area contributed by atoms with E-state index in [0.29, 0.717) is 19.4 Å². The fourth-order valence-corrected chi connectivity index (χ4v) is 9.39. The number of amides is 8. The van der Waals surface area contributed by atoms with Crippen molar-refractivity contribution in [2.45, 2.75) is 174 Å². The van der Waals surface area contributed by atoms with Gasteiger partial charge in [0.05, 0.1) is 18.6 Å². The van der Waals surface area contributed by atoms with Gasteiger partial charge in [0.15, 0.2) is 0 Å². The number of rotatable bonds is 25. The highest BCUT2D eigenvalue weighted by Gasteiger charge is 2.42. The Morgan fingerprint density at radius 3 is 1.74 bits per heavy atom. The summed E-state index contributed by atoms with van der Waals surface area (Å²) in [7, 11) is 0. The molecule has 380 valence electrons. The molecule has 0 radical (unpaired) electrons. The fraction of sp³-hybridized carbons (Fsp3) is 0.615. The second kappa shape index (κ2) is 27.4. The Kier molecular flexibility index (Phi) is 22.1. The molecule has 2 aromatic carbocycles. The molecule has 1 aliphatic carbocycles. The zero-order valence-electron chi connectivity index (χ0n) is 41.6. The number of likely N-dealkylation sites (tertiary alicyclic amines) is 1. The highest BCUT2D eigenvalue weighted by atomic mass is 16.3. The molecule has 1 saturated heterocycles. The Labute approximate surface area is 408 Å². The van der Waals surface area contributed by atoms with E-state index in [-0.39, 0.29) is 55.3 Å². The van der Waals surface area contributed by atoms with Gasteiger partial charge in [0.1, 0.15) is 36.3 Å². The molecule has 69 heavy (non-hydrogen) atoms. The van der Waals surface area contributed by atoms with Crippen molar-refractivity contribution in [2.75, 3.05) is 6.54 Å². The van der Waals surface area contributed by atoms with Crippen molar-refractivity contribution in [1.82, 2.24) is 36.8 Å². The normalized spacial score (nSPS) is 18.2. The average Bonchev–Trinajstić information content (AvgIpc) is 3.80. The van der Waals surface area contributed by atoms with Gasteiger partial charge in [0.25, 0.3) is 0 Å². The maximum Gasteiger partial charge on any atom is 0.246 e. The van der Waals surface area contributed by atoms with Crippen LogP contribution in [0.2, 0.25) is 0 Å². The van der Waals surface area contributed by atoms with Crippen LogP contribution in [0, 0.1) is 23.7 Å². The number of benzene rings is 2. The molecule has 0 spiro atoms. The van der Waals surface area contributed by atoms with E-state index >= 15 is 0 Å². The molecule has 0 unspecified atom stereocenters. The molecule has 1 heterocycles. The first-order valence-corrected chi connectivity index (χ1v) is 24.9. The number of aliphatic hydroxyl groups is 1. The maximum atomic E-state index is 14.3. The minimum absolute atomic E-state index is 0.0367. The summed E-state index contributed by atoms with van der Waals surface area (Å²) in [5, 5.41) is 28.4. The number of nitrogens with zero attached hydrogens (tertiary/aromatic N) is 1. The van der Waals surface area contributed by atoms with E-state index in [1.807, 2.05) is 88.4 Å². The van der Waals surface area contributed by atoms with Gasteiger partial charge < -0.3 is 47.6 Å². The summed E-state index contributed by atoms with van der Waals surface area (Å²) in [5.41, 5.74) is 7.19. The van der Waals surface area contributed by atoms with E-state index in [2.05, 4.69) is 31.9 Å². The van der Waals surface area contributed by atoms with Crippen molar-refractivity contribution in [3.8, 4) is 0 Å². The fourth-order valence-electron chi connectivity index (χ4n) is 9.39. The van der Waals surface area contributed by atoms with Crippen molar-refractivity contribution >= 4 is 47.3 Å². The first kappa shape index (κ1) is 55.8. The summed E-state index contributed by atoms with van der Waals surface area (Å²) in [6, 6.07) is 11.2. The third kappa shape index (κ3) is 17.9. The monoisotopic (exact) mass is 959 g/mol. The molecule has 2 fully saturated rings. The van der Waals surface area contributed by atoms with E-state index in [1.54, 1.807) is 13.8 Å². The number of nitrogens with two attached hydrogens (primary N) is 1. The molecule has 9 N–H and O–H groups in total. The van der Waals surface area contributed by atoms with Crippen molar-refractivity contribution in [3.63, 3.8) is 0 Å². The molecule has 17 heteroatoms. The van der Waals surface area contributed by atoms with Crippen molar-refractivity contribution in [1.29, 1.82) is 0 Å². The van der Waals surface area contributed by atoms with Gasteiger partial charge >= 0.3 is 0 Å². The third-order valence-corrected chi connectivity index (χ3v) is 13.0. The van der Waals surface area contributed by atoms with Gasteiger partial charge in [-0.05, 0) is 73.3 Å². The zero-order chi connectivity index (χ0) is 50.8. The number of hydrogen-bond donors (Lipinski definition) is 8. The first-order chi connectivity index (χ1) is 32.7. The quantitative estimate of drug-likeness (QED) is 0.0727. The molecular formula is C52H78N8O9. The Balaban J connectivity index is 1.47. The van der Waals surface area contributed by atoms with Crippen LogP contribution < -0.4 is 37.6 Å². The van der Waals surface area contributed by atoms with Gasteiger partial charge in [-0.1, -0.05) is 121 Å². The van der Waals surface area contributed by atoms with Crippen LogP contribution >= 0.6 is 0 Å². The predicted octanol–water partition coefficient (Wildman–Crippen LogP) is 2.96. The number of primary amides is 1. The number of carbonyl (C=O) groups is 8. The molecule has 0 aromatic heterocycles. The highest BCUT2D eigenvalue weighted by Crippen LogP contribution is 2.29. The van der Waals surface area contributed by atoms with Crippen LogP contribution in [-0.2, 0) is 51.2 Å². The van der Waals surface area contributed by atoms with Crippen LogP contribution in [0.25, 0.3) is 0 Å². The Bertz CT molecular complexity index is 2030. The van der Waals surface area contributed by atoms with Crippen LogP contribution in [0.3, 0.4) is 0 Å². The summed E-state index contributed by atoms with van der Waals surface area (Å²) < 4.78 is 0. The molecule has 8 atom stereocenters. The lowest BCUT2D eigenvalue weighted by Crippen LogP contribution is -2.60. The first-order valence-electron chi connectivity index (χ1n) is 24.9. The lowest BCUT2D eigenvalue weighted by atomic mass is 9.83. The van der Waals surface area contributed by atoms with Crippen molar-refractivity contribution in [3.05, 3.63) is 71.8 Å². The molecule has 4 rings (SSSR count). The second-order valence-corrected chi connectivity index (χ2v) is 20.2. The molecule has 0 bridgehead atoms. The summed E-state index contributed by atoms with van der Waals surface area (Å²) in [6.07, 6.45) is 4.38. The number of nitrogens with one attached hydrogen (secondary N) is 6. The van der Waals surface area contributed by atoms with E-state index in [4.69, 9.17) is 5.73 Å². The second-order valence-electron chi connectivity index (χ2n) is 20.2. The van der Waals surface area contributed by atoms with Gasteiger partial charge in [-0.3, -0.25) is 38.4 Å². The van der Waals surface area contributed by atoms with Crippen LogP contribution in [0.4, 0.5) is 0 Å². The molecule has 1 aliphatic heterocycles. The highest BCUT2D eigenvalue weighted by molar-refractivity contribution is 5.96. The van der Waals surface area contributed by atoms with Gasteiger partial charge in [-0.2, -0.15) is 0 Å². The predicted molar refractivity (Wildman–Crippen MR) is 262 cm³/mol. The van der Waals surface area contributed by atoms with E-state index in [1.165, 1.54) is 11.8 Å². The van der Waals surface area contributed by atoms with Gasteiger partial charge in [-0.15, -0.1) is 0 Å². The van der Waals surface area contributed by atoms with Crippen molar-refractivity contribution in [2.24, 2.45) is 29.4 Å². The number of hydrogen-bond acceptors (Lipinski definition) is 9. The average molecular weight is 959 g/mol. The Morgan fingerprint density at radius 1 is 0.638 bits per heavy atom. The lowest BCUT2D eigenvalue weighted by molar-refractivity contribution is -0.143. The summed E-state index contributed by atoms with van der Waals surface area (Å²) in [5.74, 6) is -4.95. The molecule has 8 amide bonds. The number of carbonyl (C=O) groups excluding carboxylic acids is 8. The van der Waals surface area contributed by atoms with E-state index < -0.39 is 96.2 Å². The minimum atomic E-state index is -1.40. The molecular weight excluding hydrogens is 881 g/mol. The van der Waals surface area contributed by atoms with Gasteiger partial charge in [0, 0.05) is 26.3 Å². The smallest absolute Gasteiger partial charge is 0.246 e. The van der Waals surface area contributed by atoms with Crippen LogP contribution in [0.15, 0.2) is 60.7 Å². The van der Waals surface area contributed by atoms with Crippen LogP contribution in [0.5, 0.6) is 0 Å². The van der Waals surface area contributed by atoms with Crippen molar-refractivity contribution < 1.29 is 43.5 Å². The van der Waals surface area contributed by atoms with Gasteiger partial charge in [-0.25, -0.2) is 0 Å². The lowest BCUT2D eigenvalue weighted by Gasteiger charge is -2.35. The molecule has 2 aromatic rings. The minimum Gasteiger partial charge on any atom is -0.390 e. The maximum absolute atomic E-state index is 14.3. The molecule has 2 aliphatic rings. The summed E-state index contributed by atoms with van der Waals surface area (Å²) in [4.78, 5) is 110. The van der Waals surface area contributed by atoms with Crippen LogP contribution in [-0.4, -0.2) is 112 Å². The topological polar surface area (TPSA) is 258 Å². The SMILES string of the molecule is CC(=O)N[C@H](C(=O)N1CCC[C@@H]1C(=O)N[C@@H](Cc1ccccc1)C(=O)N[C@H](C(=O)N[C@@H](CC(C)C)[C@@H](O)CC(=O)N[C@@H](CC(C)C)C(=O)N[C@@H](Cc1ccccc1)C(N)=O)C(C)C)C1CCCCC1. The van der Waals surface area contributed by atoms with Gasteiger partial charge in [0.2, 0.25) is 47.3 Å². The number of aliphatic hydroxyl groups excluding tert-OH is 1. The third-order valence-electron chi connectivity index (χ3n) is 13.0. The largest absolute Gasteiger partial charge is 0.390 e. The Morgan fingerprint density at radius 2 is 1.20 bits per heavy atom. The van der Waals surface area contributed by atoms with Crippen LogP contribution in [0.1, 0.15) is 124 Å². The van der Waals surface area contributed by atoms with E-state index in [9.17, 15) is 43.5 Å². The summed E-state index contributed by atoms with van der Waals surface area (Å²) in [6.45, 7) is 12.8. The summed E-state index contributed by atoms with van der Waals surface area (Å²) >= 11 is 0. The molecule has 17 nitrogen and oxygen atoms in total. The Hall–Kier alpha value is -5.84. The van der Waals surface area contributed by atoms with E-state index in [0.717, 1.165) is 43.2 Å². The zero-order valence-corrected chi connectivity index (χ0v) is 41.6. The molecule has 1 saturated carbocycles. The standard InChI is InChI=1S/C52H78N8O9/c1-31(2)26-38(43(62)30-44(63)55-40(27-32(3)4)48(65)57-39(47(53)64)28-35-18-11-8-12-19-35)56-51(68)45(33(5)6)59-49(66)41(29-36-20-13-9-14-21-36)58-50(67)42-24-17-25-60(42)52(69)46(54-34(7)61)37-22-15-10-16-23-37/h8-9,11-14,18-21,31-33,37-43,45-46,62H,10,15-17,22-30H2,1-7H3,(H2,53,64)(H,54,61)(H,55,63)(H,56,68)(H,57,65)(H,58,67)(H,59,66)/t38-,39-,40-,41-,42+,43-,45-,46-/m0/s1.